The van der Waals surface area contributed by atoms with Crippen molar-refractivity contribution >= 4 is 11.9 Å². The molecule has 3 atom stereocenters. The van der Waals surface area contributed by atoms with E-state index in [2.05, 4.69) is 25.8 Å². The number of rotatable bonds is 6. The Morgan fingerprint density at radius 2 is 2.19 bits per heavy atom. The van der Waals surface area contributed by atoms with Gasteiger partial charge in [-0.2, -0.15) is 5.10 Å². The largest absolute Gasteiger partial charge is 0.454 e. The Kier molecular flexibility index (Phi) is 5.27. The van der Waals surface area contributed by atoms with Crippen LogP contribution in [-0.4, -0.2) is 32.6 Å². The molecule has 1 fully saturated rings. The number of aromatic nitrogens is 3. The Labute approximate surface area is 158 Å². The van der Waals surface area contributed by atoms with Crippen LogP contribution in [0.25, 0.3) is 0 Å². The molecule has 0 bridgehead atoms. The number of carbonyl (C=O) groups is 2. The summed E-state index contributed by atoms with van der Waals surface area (Å²) in [6, 6.07) is 3.34. The predicted molar refractivity (Wildman–Crippen MR) is 98.5 cm³/mol. The summed E-state index contributed by atoms with van der Waals surface area (Å²) in [5.41, 5.74) is 0.843. The normalized spacial score (nSPS) is 23.3. The maximum atomic E-state index is 12.8. The molecular formula is C19H25N5O3. The van der Waals surface area contributed by atoms with Crippen LogP contribution in [0.5, 0.6) is 0 Å². The number of pyridine rings is 1. The molecule has 0 radical (unpaired) electrons. The summed E-state index contributed by atoms with van der Waals surface area (Å²) in [6.45, 7) is 7.72. The maximum Gasteiger partial charge on any atom is 0.340 e. The molecule has 0 aliphatic carbocycles. The lowest BCUT2D eigenvalue weighted by molar-refractivity contribution is -0.125. The van der Waals surface area contributed by atoms with Gasteiger partial charge in [-0.3, -0.25) is 20.2 Å². The van der Waals surface area contributed by atoms with Crippen LogP contribution in [0.15, 0.2) is 30.7 Å². The summed E-state index contributed by atoms with van der Waals surface area (Å²) in [7, 11) is 0. The number of H-pyrrole nitrogens is 1. The van der Waals surface area contributed by atoms with Gasteiger partial charge in [-0.05, 0) is 31.4 Å². The Hall–Kier alpha value is -2.74. The van der Waals surface area contributed by atoms with E-state index in [-0.39, 0.29) is 11.8 Å². The van der Waals surface area contributed by atoms with Gasteiger partial charge in [-0.1, -0.05) is 20.8 Å². The van der Waals surface area contributed by atoms with Gasteiger partial charge in [0.1, 0.15) is 12.3 Å². The maximum absolute atomic E-state index is 12.8. The molecule has 144 valence electrons. The van der Waals surface area contributed by atoms with E-state index >= 15 is 0 Å². The summed E-state index contributed by atoms with van der Waals surface area (Å²) >= 11 is 0. The van der Waals surface area contributed by atoms with Crippen molar-refractivity contribution in [2.75, 3.05) is 0 Å². The first-order valence-electron chi connectivity index (χ1n) is 9.10. The molecule has 1 amide bonds. The molecule has 0 aromatic carbocycles. The summed E-state index contributed by atoms with van der Waals surface area (Å²) < 4.78 is 5.68. The molecule has 0 saturated carbocycles. The summed E-state index contributed by atoms with van der Waals surface area (Å²) in [6.07, 6.45) is 4.60. The lowest BCUT2D eigenvalue weighted by Crippen LogP contribution is -2.48. The van der Waals surface area contributed by atoms with Crippen molar-refractivity contribution in [1.29, 1.82) is 0 Å². The fraction of sp³-hybridized carbons (Fsp3) is 0.474. The quantitative estimate of drug-likeness (QED) is 0.672. The van der Waals surface area contributed by atoms with Gasteiger partial charge in [0.05, 0.1) is 23.0 Å². The number of amides is 1. The molecular weight excluding hydrogens is 346 g/mol. The standard InChI is InChI=1S/C19H25N5O3/c1-5-14(12-9-21-22-10-12)27-17(25)13-7-6-8-20-15(13)16-23-18(26)19(4,24-16)11(2)3/h6-11,14,16,24H,5H2,1-4H3,(H,21,22)(H,23,26). The van der Waals surface area contributed by atoms with Crippen LogP contribution in [0.2, 0.25) is 0 Å². The average Bonchev–Trinajstić information content (AvgIpc) is 3.29. The van der Waals surface area contributed by atoms with E-state index < -0.39 is 23.8 Å². The fourth-order valence-electron chi connectivity index (χ4n) is 3.08. The van der Waals surface area contributed by atoms with Crippen molar-refractivity contribution in [1.82, 2.24) is 25.8 Å². The third kappa shape index (κ3) is 3.57. The number of hydrogen-bond acceptors (Lipinski definition) is 6. The molecule has 3 unspecified atom stereocenters. The van der Waals surface area contributed by atoms with Crippen LogP contribution in [0, 0.1) is 5.92 Å². The van der Waals surface area contributed by atoms with Crippen LogP contribution in [0.1, 0.15) is 68.0 Å². The van der Waals surface area contributed by atoms with Crippen LogP contribution >= 0.6 is 0 Å². The number of esters is 1. The molecule has 27 heavy (non-hydrogen) atoms. The molecule has 3 heterocycles. The van der Waals surface area contributed by atoms with Crippen molar-refractivity contribution in [3.8, 4) is 0 Å². The molecule has 0 spiro atoms. The van der Waals surface area contributed by atoms with Crippen molar-refractivity contribution in [3.63, 3.8) is 0 Å². The monoisotopic (exact) mass is 371 g/mol. The Balaban J connectivity index is 1.84. The SMILES string of the molecule is CCC(OC(=O)c1cccnc1C1NC(=O)C(C)(C(C)C)N1)c1cn[nH]c1. The first-order valence-corrected chi connectivity index (χ1v) is 9.10. The number of ether oxygens (including phenoxy) is 1. The zero-order valence-electron chi connectivity index (χ0n) is 15.9. The number of hydrogen-bond donors (Lipinski definition) is 3. The van der Waals surface area contributed by atoms with Crippen LogP contribution < -0.4 is 10.6 Å². The van der Waals surface area contributed by atoms with Crippen molar-refractivity contribution < 1.29 is 14.3 Å². The molecule has 1 aliphatic rings. The number of carbonyl (C=O) groups excluding carboxylic acids is 2. The molecule has 1 aliphatic heterocycles. The minimum atomic E-state index is -0.730. The van der Waals surface area contributed by atoms with Gasteiger partial charge in [-0.15, -0.1) is 0 Å². The number of nitrogens with one attached hydrogen (secondary N) is 3. The van der Waals surface area contributed by atoms with Gasteiger partial charge in [-0.25, -0.2) is 4.79 Å². The number of nitrogens with zero attached hydrogens (tertiary/aromatic N) is 2. The molecule has 3 rings (SSSR count). The minimum absolute atomic E-state index is 0.0761. The molecule has 3 N–H and O–H groups in total. The highest BCUT2D eigenvalue weighted by Crippen LogP contribution is 2.29. The van der Waals surface area contributed by atoms with Crippen LogP contribution in [0.3, 0.4) is 0 Å². The van der Waals surface area contributed by atoms with Crippen LogP contribution in [0.4, 0.5) is 0 Å². The van der Waals surface area contributed by atoms with Crippen molar-refractivity contribution in [2.24, 2.45) is 5.92 Å². The first-order chi connectivity index (χ1) is 12.9. The summed E-state index contributed by atoms with van der Waals surface area (Å²) in [4.78, 5) is 29.6. The number of aromatic amines is 1. The van der Waals surface area contributed by atoms with Gasteiger partial charge in [0.25, 0.3) is 0 Å². The van der Waals surface area contributed by atoms with Gasteiger partial charge in [0, 0.05) is 18.0 Å². The topological polar surface area (TPSA) is 109 Å². The smallest absolute Gasteiger partial charge is 0.340 e. The second kappa shape index (κ2) is 7.48. The van der Waals surface area contributed by atoms with E-state index in [4.69, 9.17) is 4.74 Å². The Bertz CT molecular complexity index is 821. The average molecular weight is 371 g/mol. The van der Waals surface area contributed by atoms with Gasteiger partial charge in [0.2, 0.25) is 5.91 Å². The van der Waals surface area contributed by atoms with E-state index in [9.17, 15) is 9.59 Å². The molecule has 8 heteroatoms. The molecule has 2 aromatic rings. The van der Waals surface area contributed by atoms with E-state index in [1.54, 1.807) is 30.7 Å². The van der Waals surface area contributed by atoms with Gasteiger partial charge >= 0.3 is 5.97 Å². The first kappa shape index (κ1) is 19.0. The Morgan fingerprint density at radius 3 is 2.78 bits per heavy atom. The van der Waals surface area contributed by atoms with Crippen molar-refractivity contribution in [2.45, 2.75) is 51.9 Å². The second-order valence-electron chi connectivity index (χ2n) is 7.18. The highest BCUT2D eigenvalue weighted by molar-refractivity contribution is 5.92. The van der Waals surface area contributed by atoms with Crippen LogP contribution in [-0.2, 0) is 9.53 Å². The van der Waals surface area contributed by atoms with Gasteiger partial charge in [0.15, 0.2) is 0 Å². The minimum Gasteiger partial charge on any atom is -0.454 e. The Morgan fingerprint density at radius 1 is 1.41 bits per heavy atom. The van der Waals surface area contributed by atoms with E-state index in [0.717, 1.165) is 5.56 Å². The zero-order chi connectivity index (χ0) is 19.6. The lowest BCUT2D eigenvalue weighted by Gasteiger charge is -2.26. The molecule has 1 saturated heterocycles. The highest BCUT2D eigenvalue weighted by Gasteiger charge is 2.46. The highest BCUT2D eigenvalue weighted by atomic mass is 16.5. The van der Waals surface area contributed by atoms with Gasteiger partial charge < -0.3 is 10.1 Å². The van der Waals surface area contributed by atoms with E-state index in [0.29, 0.717) is 17.7 Å². The van der Waals surface area contributed by atoms with E-state index in [1.807, 2.05) is 27.7 Å². The predicted octanol–water partition coefficient (Wildman–Crippen LogP) is 2.25. The van der Waals surface area contributed by atoms with Crippen molar-refractivity contribution in [3.05, 3.63) is 47.5 Å². The fourth-order valence-corrected chi connectivity index (χ4v) is 3.08. The molecule has 2 aromatic heterocycles. The third-order valence-corrected chi connectivity index (χ3v) is 5.19. The molecule has 8 nitrogen and oxygen atoms in total. The summed E-state index contributed by atoms with van der Waals surface area (Å²) in [5, 5.41) is 12.8. The second-order valence-corrected chi connectivity index (χ2v) is 7.18. The third-order valence-electron chi connectivity index (χ3n) is 5.19. The zero-order valence-corrected chi connectivity index (χ0v) is 15.9. The summed E-state index contributed by atoms with van der Waals surface area (Å²) in [5.74, 6) is -0.523. The lowest BCUT2D eigenvalue weighted by atomic mass is 9.89. The van der Waals surface area contributed by atoms with E-state index in [1.165, 1.54) is 0 Å².